The lowest BCUT2D eigenvalue weighted by Crippen LogP contribution is -2.25. The van der Waals surface area contributed by atoms with E-state index in [1.165, 1.54) is 6.39 Å². The van der Waals surface area contributed by atoms with Gasteiger partial charge in [-0.2, -0.15) is 5.26 Å². The highest BCUT2D eigenvalue weighted by Gasteiger charge is 2.23. The van der Waals surface area contributed by atoms with Crippen molar-refractivity contribution >= 4 is 0 Å². The van der Waals surface area contributed by atoms with Gasteiger partial charge in [0.05, 0.1) is 12.6 Å². The number of hydrogen-bond acceptors (Lipinski definition) is 5. The molecule has 1 aromatic heterocycles. The van der Waals surface area contributed by atoms with E-state index >= 15 is 0 Å². The van der Waals surface area contributed by atoms with Crippen LogP contribution in [0.25, 0.3) is 0 Å². The van der Waals surface area contributed by atoms with E-state index in [2.05, 4.69) is 21.6 Å². The first-order valence-electron chi connectivity index (χ1n) is 4.76. The minimum atomic E-state index is 0.218. The summed E-state index contributed by atoms with van der Waals surface area (Å²) in [4.78, 5) is 0. The maximum absolute atomic E-state index is 8.72. The number of rotatable bonds is 3. The van der Waals surface area contributed by atoms with Crippen LogP contribution in [0.3, 0.4) is 0 Å². The summed E-state index contributed by atoms with van der Waals surface area (Å²) in [5.41, 5.74) is 0. The molecule has 0 saturated heterocycles. The molecule has 0 bridgehead atoms. The van der Waals surface area contributed by atoms with Crippen molar-refractivity contribution in [1.29, 1.82) is 5.26 Å². The SMILES string of the molecule is N#CC1CCC(NCc2nnco2)C1. The van der Waals surface area contributed by atoms with Gasteiger partial charge in [-0.25, -0.2) is 0 Å². The quantitative estimate of drug-likeness (QED) is 0.768. The topological polar surface area (TPSA) is 74.7 Å². The molecule has 1 aliphatic carbocycles. The molecule has 1 heterocycles. The fourth-order valence-corrected chi connectivity index (χ4v) is 1.79. The van der Waals surface area contributed by atoms with E-state index < -0.39 is 0 Å². The first-order chi connectivity index (χ1) is 6.88. The van der Waals surface area contributed by atoms with Crippen molar-refractivity contribution in [2.75, 3.05) is 0 Å². The Bertz CT molecular complexity index is 316. The van der Waals surface area contributed by atoms with Crippen LogP contribution >= 0.6 is 0 Å². The van der Waals surface area contributed by atoms with Crippen LogP contribution in [0.1, 0.15) is 25.2 Å². The molecular formula is C9H12N4O. The van der Waals surface area contributed by atoms with Crippen molar-refractivity contribution < 1.29 is 4.42 Å². The molecule has 0 amide bonds. The number of nitrogens with zero attached hydrogens (tertiary/aromatic N) is 3. The van der Waals surface area contributed by atoms with E-state index in [1.807, 2.05) is 0 Å². The molecule has 1 N–H and O–H groups in total. The van der Waals surface area contributed by atoms with Gasteiger partial charge in [0.2, 0.25) is 12.3 Å². The predicted molar refractivity (Wildman–Crippen MR) is 47.9 cm³/mol. The molecule has 74 valence electrons. The molecule has 2 rings (SSSR count). The third-order valence-electron chi connectivity index (χ3n) is 2.56. The lowest BCUT2D eigenvalue weighted by atomic mass is 10.1. The Kier molecular flexibility index (Phi) is 2.75. The minimum absolute atomic E-state index is 0.218. The average molecular weight is 192 g/mol. The van der Waals surface area contributed by atoms with Gasteiger partial charge in [-0.15, -0.1) is 10.2 Å². The van der Waals surface area contributed by atoms with Crippen LogP contribution in [0.5, 0.6) is 0 Å². The van der Waals surface area contributed by atoms with Gasteiger partial charge in [0.15, 0.2) is 0 Å². The normalized spacial score (nSPS) is 26.2. The van der Waals surface area contributed by atoms with Crippen LogP contribution in [-0.4, -0.2) is 16.2 Å². The highest BCUT2D eigenvalue weighted by Crippen LogP contribution is 2.24. The summed E-state index contributed by atoms with van der Waals surface area (Å²) in [6.07, 6.45) is 4.32. The fraction of sp³-hybridized carbons (Fsp3) is 0.667. The maximum atomic E-state index is 8.72. The summed E-state index contributed by atoms with van der Waals surface area (Å²) in [6.45, 7) is 0.600. The molecule has 1 aliphatic rings. The Labute approximate surface area is 82.1 Å². The first-order valence-corrected chi connectivity index (χ1v) is 4.76. The number of hydrogen-bond donors (Lipinski definition) is 1. The highest BCUT2D eigenvalue weighted by molar-refractivity contribution is 4.93. The second kappa shape index (κ2) is 4.20. The Hall–Kier alpha value is -1.41. The van der Waals surface area contributed by atoms with Crippen molar-refractivity contribution in [3.05, 3.63) is 12.3 Å². The molecule has 2 atom stereocenters. The van der Waals surface area contributed by atoms with Crippen molar-refractivity contribution in [3.8, 4) is 6.07 Å². The van der Waals surface area contributed by atoms with Crippen molar-refractivity contribution in [2.24, 2.45) is 5.92 Å². The lowest BCUT2D eigenvalue weighted by molar-refractivity contribution is 0.431. The smallest absolute Gasteiger partial charge is 0.229 e. The number of nitriles is 1. The molecule has 0 spiro atoms. The predicted octanol–water partition coefficient (Wildman–Crippen LogP) is 0.851. The second-order valence-corrected chi connectivity index (χ2v) is 3.55. The summed E-state index contributed by atoms with van der Waals surface area (Å²) in [7, 11) is 0. The Balaban J connectivity index is 1.75. The Morgan fingerprint density at radius 2 is 2.57 bits per heavy atom. The van der Waals surface area contributed by atoms with Gasteiger partial charge in [0, 0.05) is 12.0 Å². The van der Waals surface area contributed by atoms with Gasteiger partial charge in [0.1, 0.15) is 0 Å². The molecule has 1 aromatic rings. The fourth-order valence-electron chi connectivity index (χ4n) is 1.79. The van der Waals surface area contributed by atoms with E-state index in [-0.39, 0.29) is 5.92 Å². The standard InChI is InChI=1S/C9H12N4O/c10-4-7-1-2-8(3-7)11-5-9-13-12-6-14-9/h6-8,11H,1-3,5H2. The van der Waals surface area contributed by atoms with Crippen LogP contribution in [0.2, 0.25) is 0 Å². The van der Waals surface area contributed by atoms with E-state index in [4.69, 9.17) is 9.68 Å². The van der Waals surface area contributed by atoms with E-state index in [1.54, 1.807) is 0 Å². The summed E-state index contributed by atoms with van der Waals surface area (Å²) < 4.78 is 5.00. The van der Waals surface area contributed by atoms with Gasteiger partial charge in [-0.1, -0.05) is 0 Å². The van der Waals surface area contributed by atoms with Crippen LogP contribution < -0.4 is 5.32 Å². The van der Waals surface area contributed by atoms with E-state index in [9.17, 15) is 0 Å². The molecule has 1 saturated carbocycles. The molecule has 0 aliphatic heterocycles. The molecule has 5 heteroatoms. The van der Waals surface area contributed by atoms with Gasteiger partial charge >= 0.3 is 0 Å². The summed E-state index contributed by atoms with van der Waals surface area (Å²) in [6, 6.07) is 2.72. The molecule has 2 unspecified atom stereocenters. The third kappa shape index (κ3) is 2.09. The van der Waals surface area contributed by atoms with E-state index in [0.29, 0.717) is 18.5 Å². The summed E-state index contributed by atoms with van der Waals surface area (Å²) in [5, 5.41) is 19.4. The number of aromatic nitrogens is 2. The van der Waals surface area contributed by atoms with Crippen LogP contribution in [0, 0.1) is 17.2 Å². The largest absolute Gasteiger partial charge is 0.427 e. The molecule has 1 fully saturated rings. The zero-order valence-electron chi connectivity index (χ0n) is 7.81. The van der Waals surface area contributed by atoms with Crippen molar-refractivity contribution in [1.82, 2.24) is 15.5 Å². The van der Waals surface area contributed by atoms with Crippen molar-refractivity contribution in [2.45, 2.75) is 31.8 Å². The molecule has 5 nitrogen and oxygen atoms in total. The lowest BCUT2D eigenvalue weighted by Gasteiger charge is -2.08. The van der Waals surface area contributed by atoms with Gasteiger partial charge in [-0.05, 0) is 19.3 Å². The Morgan fingerprint density at radius 3 is 3.21 bits per heavy atom. The summed E-state index contributed by atoms with van der Waals surface area (Å²) in [5.74, 6) is 0.820. The van der Waals surface area contributed by atoms with Crippen LogP contribution in [0.15, 0.2) is 10.8 Å². The number of nitrogens with one attached hydrogen (secondary N) is 1. The minimum Gasteiger partial charge on any atom is -0.427 e. The van der Waals surface area contributed by atoms with Crippen molar-refractivity contribution in [3.63, 3.8) is 0 Å². The maximum Gasteiger partial charge on any atom is 0.229 e. The molecule has 0 aromatic carbocycles. The zero-order chi connectivity index (χ0) is 9.80. The summed E-state index contributed by atoms with van der Waals surface area (Å²) >= 11 is 0. The van der Waals surface area contributed by atoms with Gasteiger partial charge in [0.25, 0.3) is 0 Å². The first kappa shape index (κ1) is 9.16. The molecule has 14 heavy (non-hydrogen) atoms. The molecule has 0 radical (unpaired) electrons. The molecular weight excluding hydrogens is 180 g/mol. The van der Waals surface area contributed by atoms with Gasteiger partial charge in [-0.3, -0.25) is 0 Å². The Morgan fingerprint density at radius 1 is 1.64 bits per heavy atom. The van der Waals surface area contributed by atoms with Crippen LogP contribution in [-0.2, 0) is 6.54 Å². The van der Waals surface area contributed by atoms with Crippen LogP contribution in [0.4, 0.5) is 0 Å². The second-order valence-electron chi connectivity index (χ2n) is 3.55. The third-order valence-corrected chi connectivity index (χ3v) is 2.56. The highest BCUT2D eigenvalue weighted by atomic mass is 16.4. The van der Waals surface area contributed by atoms with Gasteiger partial charge < -0.3 is 9.73 Å². The van der Waals surface area contributed by atoms with E-state index in [0.717, 1.165) is 19.3 Å². The zero-order valence-corrected chi connectivity index (χ0v) is 7.81. The monoisotopic (exact) mass is 192 g/mol. The average Bonchev–Trinajstić information content (AvgIpc) is 2.86.